The molecule has 1 unspecified atom stereocenters. The van der Waals surface area contributed by atoms with Gasteiger partial charge in [0.25, 0.3) is 15.9 Å². The van der Waals surface area contributed by atoms with Crippen molar-refractivity contribution < 1.29 is 17.6 Å². The molecule has 6 nitrogen and oxygen atoms in total. The molecule has 1 aromatic heterocycles. The first kappa shape index (κ1) is 18.3. The molecule has 2 aliphatic rings. The second-order valence-electron chi connectivity index (χ2n) is 7.64. The van der Waals surface area contributed by atoms with Gasteiger partial charge in [-0.3, -0.25) is 4.79 Å². The van der Waals surface area contributed by atoms with E-state index in [-0.39, 0.29) is 22.2 Å². The number of rotatable bonds is 2. The Morgan fingerprint density at radius 2 is 1.85 bits per heavy atom. The normalized spacial score (nSPS) is 23.1. The van der Waals surface area contributed by atoms with Gasteiger partial charge in [0.15, 0.2) is 5.76 Å². The first-order valence-electron chi connectivity index (χ1n) is 9.39. The van der Waals surface area contributed by atoms with Gasteiger partial charge in [-0.05, 0) is 55.4 Å². The number of hydrogen-bond donors (Lipinski definition) is 1. The van der Waals surface area contributed by atoms with Gasteiger partial charge in [-0.2, -0.15) is 0 Å². The number of carbonyl (C=O) groups excluding carboxylic acids is 1. The number of nitrogens with zero attached hydrogens (tertiary/aromatic N) is 1. The summed E-state index contributed by atoms with van der Waals surface area (Å²) in [7, 11) is -3.96. The van der Waals surface area contributed by atoms with E-state index < -0.39 is 10.0 Å². The number of aryl methyl sites for hydroxylation is 1. The molecule has 1 aliphatic heterocycles. The number of carbonyl (C=O) groups is 1. The Labute approximate surface area is 159 Å². The molecule has 0 bridgehead atoms. The van der Waals surface area contributed by atoms with Crippen LogP contribution >= 0.6 is 0 Å². The first-order valence-corrected chi connectivity index (χ1v) is 10.9. The molecule has 1 aromatic carbocycles. The number of primary sulfonamides is 1. The van der Waals surface area contributed by atoms with Crippen molar-refractivity contribution in [2.45, 2.75) is 49.0 Å². The number of amides is 1. The molecule has 1 aliphatic carbocycles. The highest BCUT2D eigenvalue weighted by Crippen LogP contribution is 2.43. The number of fused-ring (bicyclic) bond motifs is 2. The van der Waals surface area contributed by atoms with Crippen LogP contribution in [0.2, 0.25) is 0 Å². The number of piperidine rings is 1. The van der Waals surface area contributed by atoms with Gasteiger partial charge in [-0.15, -0.1) is 0 Å². The van der Waals surface area contributed by atoms with Crippen LogP contribution in [0, 0.1) is 0 Å². The molecule has 1 amide bonds. The van der Waals surface area contributed by atoms with Gasteiger partial charge in [0.05, 0.1) is 0 Å². The van der Waals surface area contributed by atoms with E-state index in [9.17, 15) is 13.2 Å². The minimum absolute atomic E-state index is 0.0259. The largest absolute Gasteiger partial charge is 0.438 e. The van der Waals surface area contributed by atoms with E-state index in [0.717, 1.165) is 32.1 Å². The monoisotopic (exact) mass is 388 g/mol. The van der Waals surface area contributed by atoms with E-state index in [4.69, 9.17) is 9.56 Å². The van der Waals surface area contributed by atoms with Crippen LogP contribution in [0.4, 0.5) is 0 Å². The molecule has 2 aromatic rings. The number of sulfonamides is 1. The molecular formula is C20H24N2O4S. The van der Waals surface area contributed by atoms with Gasteiger partial charge in [0.2, 0.25) is 5.09 Å². The molecule has 4 rings (SSSR count). The van der Waals surface area contributed by atoms with E-state index in [2.05, 4.69) is 24.3 Å². The minimum atomic E-state index is -3.96. The molecule has 144 valence electrons. The maximum Gasteiger partial charge on any atom is 0.289 e. The number of furan rings is 1. The molecule has 1 atom stereocenters. The third-order valence-electron chi connectivity index (χ3n) is 5.88. The number of nitrogens with two attached hydrogens (primary N) is 1. The van der Waals surface area contributed by atoms with Crippen LogP contribution in [-0.4, -0.2) is 32.3 Å². The smallest absolute Gasteiger partial charge is 0.289 e. The van der Waals surface area contributed by atoms with Crippen LogP contribution in [0.15, 0.2) is 45.9 Å². The highest BCUT2D eigenvalue weighted by Gasteiger charge is 2.41. The van der Waals surface area contributed by atoms with Crippen molar-refractivity contribution >= 4 is 15.9 Å². The number of likely N-dealkylation sites (tertiary alicyclic amines) is 1. The first-order chi connectivity index (χ1) is 12.9. The van der Waals surface area contributed by atoms with Crippen molar-refractivity contribution in [1.82, 2.24) is 4.90 Å². The number of hydrogen-bond acceptors (Lipinski definition) is 4. The molecule has 0 radical (unpaired) electrons. The average Bonchev–Trinajstić information content (AvgIpc) is 3.10. The molecule has 27 heavy (non-hydrogen) atoms. The van der Waals surface area contributed by atoms with E-state index in [1.807, 2.05) is 0 Å². The number of benzene rings is 1. The fourth-order valence-corrected chi connectivity index (χ4v) is 5.11. The molecule has 0 saturated carbocycles. The van der Waals surface area contributed by atoms with Gasteiger partial charge in [0, 0.05) is 18.5 Å². The summed E-state index contributed by atoms with van der Waals surface area (Å²) in [4.78, 5) is 14.8. The van der Waals surface area contributed by atoms with Crippen LogP contribution in [0.1, 0.15) is 53.8 Å². The molecule has 1 fully saturated rings. The third-order valence-corrected chi connectivity index (χ3v) is 6.66. The van der Waals surface area contributed by atoms with Gasteiger partial charge < -0.3 is 9.32 Å². The SMILES string of the molecule is NS(=O)(=O)c1ccc(C(=O)N2CCCC3(CCCCc4ccccc43)C2)o1. The van der Waals surface area contributed by atoms with Crippen molar-refractivity contribution in [3.05, 3.63) is 53.3 Å². The van der Waals surface area contributed by atoms with Gasteiger partial charge >= 0.3 is 0 Å². The molecule has 2 N–H and O–H groups in total. The van der Waals surface area contributed by atoms with E-state index in [1.165, 1.54) is 29.7 Å². The fraction of sp³-hybridized carbons (Fsp3) is 0.450. The standard InChI is InChI=1S/C20H24N2O4S/c21-27(24,25)18-10-9-17(26-18)19(23)22-13-5-12-20(14-22)11-4-3-7-15-6-1-2-8-16(15)20/h1-2,6,8-10H,3-5,7,11-14H2,(H2,21,24,25). The molecular weight excluding hydrogens is 364 g/mol. The maximum absolute atomic E-state index is 13.0. The van der Waals surface area contributed by atoms with Crippen molar-refractivity contribution in [2.75, 3.05) is 13.1 Å². The highest BCUT2D eigenvalue weighted by molar-refractivity contribution is 7.89. The lowest BCUT2D eigenvalue weighted by Gasteiger charge is -2.43. The van der Waals surface area contributed by atoms with Gasteiger partial charge in [-0.1, -0.05) is 30.7 Å². The minimum Gasteiger partial charge on any atom is -0.438 e. The molecule has 1 spiro atoms. The van der Waals surface area contributed by atoms with Crippen molar-refractivity contribution in [3.8, 4) is 0 Å². The summed E-state index contributed by atoms with van der Waals surface area (Å²) in [5, 5.41) is 4.71. The zero-order valence-electron chi connectivity index (χ0n) is 15.2. The lowest BCUT2D eigenvalue weighted by molar-refractivity contribution is 0.0589. The maximum atomic E-state index is 13.0. The Bertz CT molecular complexity index is 966. The Kier molecular flexibility index (Phi) is 4.60. The Morgan fingerprint density at radius 1 is 1.07 bits per heavy atom. The fourth-order valence-electron chi connectivity index (χ4n) is 4.64. The van der Waals surface area contributed by atoms with E-state index in [1.54, 1.807) is 4.90 Å². The second kappa shape index (κ2) is 6.80. The van der Waals surface area contributed by atoms with Gasteiger partial charge in [-0.25, -0.2) is 13.6 Å². The van der Waals surface area contributed by atoms with Crippen molar-refractivity contribution in [1.29, 1.82) is 0 Å². The molecule has 7 heteroatoms. The van der Waals surface area contributed by atoms with Crippen molar-refractivity contribution in [3.63, 3.8) is 0 Å². The zero-order chi connectivity index (χ0) is 19.1. The van der Waals surface area contributed by atoms with Crippen LogP contribution < -0.4 is 5.14 Å². The molecule has 1 saturated heterocycles. The lowest BCUT2D eigenvalue weighted by Crippen LogP contribution is -2.48. The van der Waals surface area contributed by atoms with Crippen LogP contribution in [0.3, 0.4) is 0 Å². The summed E-state index contributed by atoms with van der Waals surface area (Å²) in [6.45, 7) is 1.28. The van der Waals surface area contributed by atoms with E-state index in [0.29, 0.717) is 13.1 Å². The van der Waals surface area contributed by atoms with E-state index >= 15 is 0 Å². The Morgan fingerprint density at radius 3 is 2.63 bits per heavy atom. The summed E-state index contributed by atoms with van der Waals surface area (Å²) in [5.74, 6) is -0.247. The van der Waals surface area contributed by atoms with Gasteiger partial charge in [0.1, 0.15) is 0 Å². The predicted octanol–water partition coefficient (Wildman–Crippen LogP) is 2.83. The van der Waals surface area contributed by atoms with Crippen LogP contribution in [0.25, 0.3) is 0 Å². The average molecular weight is 388 g/mol. The topological polar surface area (TPSA) is 93.6 Å². The molecule has 2 heterocycles. The van der Waals surface area contributed by atoms with Crippen LogP contribution in [0.5, 0.6) is 0 Å². The highest BCUT2D eigenvalue weighted by atomic mass is 32.2. The summed E-state index contributed by atoms with van der Waals surface area (Å²) in [6.07, 6.45) is 6.45. The quantitative estimate of drug-likeness (QED) is 0.856. The lowest BCUT2D eigenvalue weighted by atomic mass is 9.70. The third kappa shape index (κ3) is 3.41. The summed E-state index contributed by atoms with van der Waals surface area (Å²) >= 11 is 0. The summed E-state index contributed by atoms with van der Waals surface area (Å²) < 4.78 is 28.1. The Balaban J connectivity index is 1.63. The second-order valence-corrected chi connectivity index (χ2v) is 9.13. The predicted molar refractivity (Wildman–Crippen MR) is 101 cm³/mol. The van der Waals surface area contributed by atoms with Crippen molar-refractivity contribution in [2.24, 2.45) is 5.14 Å². The Hall–Kier alpha value is -2.12. The van der Waals surface area contributed by atoms with Crippen LogP contribution in [-0.2, 0) is 21.9 Å². The zero-order valence-corrected chi connectivity index (χ0v) is 16.0. The summed E-state index contributed by atoms with van der Waals surface area (Å²) in [5.41, 5.74) is 2.72. The summed E-state index contributed by atoms with van der Waals surface area (Å²) in [6, 6.07) is 11.2.